The quantitative estimate of drug-likeness (QED) is 0.745. The van der Waals surface area contributed by atoms with Gasteiger partial charge in [0.25, 0.3) is 5.91 Å². The lowest BCUT2D eigenvalue weighted by Gasteiger charge is -2.26. The van der Waals surface area contributed by atoms with E-state index in [0.29, 0.717) is 23.6 Å². The third kappa shape index (κ3) is 4.68. The van der Waals surface area contributed by atoms with Gasteiger partial charge in [-0.1, -0.05) is 33.2 Å². The number of carbonyl (C=O) groups excluding carboxylic acids is 1. The van der Waals surface area contributed by atoms with Crippen molar-refractivity contribution in [1.29, 1.82) is 0 Å². The van der Waals surface area contributed by atoms with Crippen LogP contribution in [0.15, 0.2) is 33.3 Å². The summed E-state index contributed by atoms with van der Waals surface area (Å²) in [5.41, 5.74) is 1.95. The average molecular weight is 408 g/mol. The second-order valence-corrected chi connectivity index (χ2v) is 6.95. The summed E-state index contributed by atoms with van der Waals surface area (Å²) in [5, 5.41) is 7.05. The molecule has 6 nitrogen and oxygen atoms in total. The number of aromatic nitrogens is 1. The Morgan fingerprint density at radius 3 is 2.72 bits per heavy atom. The maximum absolute atomic E-state index is 12.6. The number of nitrogens with zero attached hydrogens (tertiary/aromatic N) is 2. The van der Waals surface area contributed by atoms with E-state index in [2.05, 4.69) is 31.3 Å². The van der Waals surface area contributed by atoms with Crippen molar-refractivity contribution in [2.75, 3.05) is 39.4 Å². The zero-order chi connectivity index (χ0) is 17.6. The fraction of sp³-hybridized carbons (Fsp3) is 0.444. The first-order chi connectivity index (χ1) is 12.1. The molecule has 1 saturated heterocycles. The number of nitrogens with one attached hydrogen (secondary N) is 1. The van der Waals surface area contributed by atoms with Crippen molar-refractivity contribution < 1.29 is 14.1 Å². The van der Waals surface area contributed by atoms with Gasteiger partial charge in [-0.3, -0.25) is 9.69 Å². The van der Waals surface area contributed by atoms with E-state index < -0.39 is 0 Å². The molecule has 1 N–H and O–H groups in total. The van der Waals surface area contributed by atoms with Crippen molar-refractivity contribution in [2.24, 2.45) is 0 Å². The number of benzene rings is 1. The fourth-order valence-corrected chi connectivity index (χ4v) is 3.13. The Morgan fingerprint density at radius 2 is 2.00 bits per heavy atom. The van der Waals surface area contributed by atoms with Gasteiger partial charge in [0, 0.05) is 29.7 Å². The molecule has 2 heterocycles. The predicted octanol–water partition coefficient (Wildman–Crippen LogP) is 2.86. The lowest BCUT2D eigenvalue weighted by Crippen LogP contribution is -2.38. The van der Waals surface area contributed by atoms with Crippen LogP contribution in [0.2, 0.25) is 0 Å². The standard InChI is InChI=1S/C18H22BrN3O3/c1-13-16(17(21-25-13)14-3-5-15(19)6-4-14)18(23)20-7-2-8-22-9-11-24-12-10-22/h3-6H,2,7-12H2,1H3,(H,20,23). The molecule has 25 heavy (non-hydrogen) atoms. The van der Waals surface area contributed by atoms with E-state index in [9.17, 15) is 4.79 Å². The Hall–Kier alpha value is -1.70. The molecule has 0 bridgehead atoms. The van der Waals surface area contributed by atoms with E-state index in [4.69, 9.17) is 9.26 Å². The van der Waals surface area contributed by atoms with Crippen LogP contribution in [0.4, 0.5) is 0 Å². The molecule has 1 amide bonds. The number of ether oxygens (including phenoxy) is 1. The van der Waals surface area contributed by atoms with Crippen molar-refractivity contribution in [2.45, 2.75) is 13.3 Å². The Balaban J connectivity index is 1.58. The normalized spacial score (nSPS) is 15.3. The number of morpholine rings is 1. The number of rotatable bonds is 6. The predicted molar refractivity (Wildman–Crippen MR) is 98.6 cm³/mol. The minimum Gasteiger partial charge on any atom is -0.379 e. The van der Waals surface area contributed by atoms with Gasteiger partial charge >= 0.3 is 0 Å². The summed E-state index contributed by atoms with van der Waals surface area (Å²) in [6.45, 7) is 6.87. The zero-order valence-electron chi connectivity index (χ0n) is 14.3. The molecule has 1 fully saturated rings. The summed E-state index contributed by atoms with van der Waals surface area (Å²) in [5.74, 6) is 0.391. The Kier molecular flexibility index (Phi) is 6.23. The van der Waals surface area contributed by atoms with Gasteiger partial charge in [0.05, 0.1) is 13.2 Å². The summed E-state index contributed by atoms with van der Waals surface area (Å²) in [6.07, 6.45) is 0.906. The van der Waals surface area contributed by atoms with Crippen LogP contribution in [-0.4, -0.2) is 55.4 Å². The molecule has 1 aromatic carbocycles. The van der Waals surface area contributed by atoms with Crippen LogP contribution in [0.5, 0.6) is 0 Å². The topological polar surface area (TPSA) is 67.6 Å². The lowest BCUT2D eigenvalue weighted by atomic mass is 10.1. The van der Waals surface area contributed by atoms with E-state index >= 15 is 0 Å². The molecular formula is C18H22BrN3O3. The largest absolute Gasteiger partial charge is 0.379 e. The first-order valence-electron chi connectivity index (χ1n) is 8.45. The zero-order valence-corrected chi connectivity index (χ0v) is 15.8. The number of hydrogen-bond donors (Lipinski definition) is 1. The molecule has 0 atom stereocenters. The van der Waals surface area contributed by atoms with Crippen molar-refractivity contribution in [1.82, 2.24) is 15.4 Å². The maximum Gasteiger partial charge on any atom is 0.257 e. The summed E-state index contributed by atoms with van der Waals surface area (Å²) in [6, 6.07) is 7.67. The Bertz CT molecular complexity index is 709. The molecule has 134 valence electrons. The van der Waals surface area contributed by atoms with Crippen LogP contribution in [0, 0.1) is 6.92 Å². The van der Waals surface area contributed by atoms with Gasteiger partial charge in [0.2, 0.25) is 0 Å². The van der Waals surface area contributed by atoms with Crippen molar-refractivity contribution in [3.63, 3.8) is 0 Å². The fourth-order valence-electron chi connectivity index (χ4n) is 2.86. The molecular weight excluding hydrogens is 386 g/mol. The van der Waals surface area contributed by atoms with Gasteiger partial charge in [-0.05, 0) is 32.0 Å². The van der Waals surface area contributed by atoms with Crippen molar-refractivity contribution >= 4 is 21.8 Å². The van der Waals surface area contributed by atoms with Crippen LogP contribution in [0.25, 0.3) is 11.3 Å². The van der Waals surface area contributed by atoms with Gasteiger partial charge in [0.1, 0.15) is 17.0 Å². The highest BCUT2D eigenvalue weighted by molar-refractivity contribution is 9.10. The summed E-state index contributed by atoms with van der Waals surface area (Å²) in [7, 11) is 0. The van der Waals surface area contributed by atoms with Crippen molar-refractivity contribution in [3.05, 3.63) is 40.1 Å². The highest BCUT2D eigenvalue weighted by Crippen LogP contribution is 2.26. The van der Waals surface area contributed by atoms with Crippen LogP contribution >= 0.6 is 15.9 Å². The second-order valence-electron chi connectivity index (χ2n) is 6.03. The molecule has 1 aromatic heterocycles. The second kappa shape index (κ2) is 8.60. The molecule has 2 aromatic rings. The minimum atomic E-state index is -0.140. The average Bonchev–Trinajstić information content (AvgIpc) is 3.02. The molecule has 7 heteroatoms. The number of hydrogen-bond acceptors (Lipinski definition) is 5. The van der Waals surface area contributed by atoms with E-state index in [1.54, 1.807) is 6.92 Å². The molecule has 1 aliphatic heterocycles. The number of aryl methyl sites for hydroxylation is 1. The first-order valence-corrected chi connectivity index (χ1v) is 9.25. The van der Waals surface area contributed by atoms with E-state index in [1.165, 1.54) is 0 Å². The monoisotopic (exact) mass is 407 g/mol. The first kappa shape index (κ1) is 18.1. The Labute approximate surface area is 155 Å². The number of carbonyl (C=O) groups is 1. The van der Waals surface area contributed by atoms with Gasteiger partial charge in [-0.2, -0.15) is 0 Å². The van der Waals surface area contributed by atoms with Gasteiger partial charge in [0.15, 0.2) is 0 Å². The molecule has 1 aliphatic rings. The van der Waals surface area contributed by atoms with Gasteiger partial charge in [-0.15, -0.1) is 0 Å². The molecule has 0 aliphatic carbocycles. The summed E-state index contributed by atoms with van der Waals surface area (Å²) >= 11 is 3.41. The van der Waals surface area contributed by atoms with E-state index in [-0.39, 0.29) is 5.91 Å². The third-order valence-electron chi connectivity index (χ3n) is 4.25. The molecule has 0 unspecified atom stereocenters. The van der Waals surface area contributed by atoms with E-state index in [0.717, 1.165) is 49.3 Å². The molecule has 0 saturated carbocycles. The maximum atomic E-state index is 12.6. The SMILES string of the molecule is Cc1onc(-c2ccc(Br)cc2)c1C(=O)NCCCN1CCOCC1. The molecule has 0 spiro atoms. The van der Waals surface area contributed by atoms with Crippen LogP contribution in [0.1, 0.15) is 22.5 Å². The third-order valence-corrected chi connectivity index (χ3v) is 4.78. The van der Waals surface area contributed by atoms with E-state index in [1.807, 2.05) is 24.3 Å². The van der Waals surface area contributed by atoms with Crippen LogP contribution in [-0.2, 0) is 4.74 Å². The van der Waals surface area contributed by atoms with Crippen LogP contribution < -0.4 is 5.32 Å². The lowest BCUT2D eigenvalue weighted by molar-refractivity contribution is 0.0374. The summed E-state index contributed by atoms with van der Waals surface area (Å²) < 4.78 is 11.6. The molecule has 3 rings (SSSR count). The number of amides is 1. The van der Waals surface area contributed by atoms with Crippen molar-refractivity contribution in [3.8, 4) is 11.3 Å². The van der Waals surface area contributed by atoms with Gasteiger partial charge in [-0.25, -0.2) is 0 Å². The minimum absolute atomic E-state index is 0.140. The van der Waals surface area contributed by atoms with Gasteiger partial charge < -0.3 is 14.6 Å². The Morgan fingerprint density at radius 1 is 1.28 bits per heavy atom. The highest BCUT2D eigenvalue weighted by Gasteiger charge is 2.21. The smallest absolute Gasteiger partial charge is 0.257 e. The number of halogens is 1. The van der Waals surface area contributed by atoms with Crippen LogP contribution in [0.3, 0.4) is 0 Å². The summed E-state index contributed by atoms with van der Waals surface area (Å²) in [4.78, 5) is 14.9. The highest BCUT2D eigenvalue weighted by atomic mass is 79.9. The molecule has 0 radical (unpaired) electrons.